The molecule has 1 atom stereocenters. The Hall–Kier alpha value is -1.57. The van der Waals surface area contributed by atoms with Crippen LogP contribution in [0.2, 0.25) is 0 Å². The van der Waals surface area contributed by atoms with Gasteiger partial charge in [0.1, 0.15) is 0 Å². The van der Waals surface area contributed by atoms with Crippen molar-refractivity contribution in [2.45, 2.75) is 46.0 Å². The van der Waals surface area contributed by atoms with Crippen LogP contribution in [0, 0.1) is 5.92 Å². The van der Waals surface area contributed by atoms with E-state index in [4.69, 9.17) is 4.74 Å². The molecule has 0 amide bonds. The molecule has 1 aromatic carbocycles. The Morgan fingerprint density at radius 2 is 1.95 bits per heavy atom. The van der Waals surface area contributed by atoms with Crippen molar-refractivity contribution in [3.63, 3.8) is 0 Å². The average molecular weight is 274 g/mol. The van der Waals surface area contributed by atoms with Gasteiger partial charge in [0.25, 0.3) is 0 Å². The van der Waals surface area contributed by atoms with Gasteiger partial charge in [-0.25, -0.2) is 0 Å². The standard InChI is InChI=1S/C18H26O2/c1-15(2)8-7-9-16(3)12-13-20-18(19)14-17-10-5-4-6-11-17/h4-6,10-11,16H,1,7-9,12-14H2,2-3H3/t16-/m1/s1. The summed E-state index contributed by atoms with van der Waals surface area (Å²) >= 11 is 0. The molecule has 0 aliphatic rings. The third-order valence-electron chi connectivity index (χ3n) is 3.37. The molecule has 0 spiro atoms. The molecule has 0 saturated carbocycles. The van der Waals surface area contributed by atoms with Gasteiger partial charge < -0.3 is 4.74 Å². The SMILES string of the molecule is C=C(C)CCC[C@@H](C)CCOC(=O)Cc1ccccc1. The Kier molecular flexibility index (Phi) is 7.71. The van der Waals surface area contributed by atoms with Gasteiger partial charge in [-0.15, -0.1) is 6.58 Å². The third kappa shape index (κ3) is 7.78. The maximum atomic E-state index is 11.7. The number of hydrogen-bond acceptors (Lipinski definition) is 2. The van der Waals surface area contributed by atoms with Crippen LogP contribution in [0.1, 0.15) is 45.1 Å². The van der Waals surface area contributed by atoms with Crippen LogP contribution in [-0.2, 0) is 16.0 Å². The fourth-order valence-electron chi connectivity index (χ4n) is 2.08. The molecule has 0 radical (unpaired) electrons. The van der Waals surface area contributed by atoms with E-state index in [9.17, 15) is 4.79 Å². The Balaban J connectivity index is 2.11. The first-order valence-electron chi connectivity index (χ1n) is 7.42. The Morgan fingerprint density at radius 1 is 1.25 bits per heavy atom. The quantitative estimate of drug-likeness (QED) is 0.488. The van der Waals surface area contributed by atoms with Gasteiger partial charge in [0.05, 0.1) is 13.0 Å². The first-order chi connectivity index (χ1) is 9.58. The van der Waals surface area contributed by atoms with Gasteiger partial charge in [-0.3, -0.25) is 4.79 Å². The Bertz CT molecular complexity index is 409. The highest BCUT2D eigenvalue weighted by atomic mass is 16.5. The molecular weight excluding hydrogens is 248 g/mol. The highest BCUT2D eigenvalue weighted by Crippen LogP contribution is 2.14. The van der Waals surface area contributed by atoms with Crippen LogP contribution >= 0.6 is 0 Å². The van der Waals surface area contributed by atoms with Crippen molar-refractivity contribution in [1.29, 1.82) is 0 Å². The molecule has 1 aromatic rings. The van der Waals surface area contributed by atoms with Crippen LogP contribution < -0.4 is 0 Å². The monoisotopic (exact) mass is 274 g/mol. The van der Waals surface area contributed by atoms with Gasteiger partial charge in [-0.1, -0.05) is 49.2 Å². The fraction of sp³-hybridized carbons (Fsp3) is 0.500. The predicted molar refractivity (Wildman–Crippen MR) is 83.6 cm³/mol. The number of ether oxygens (including phenoxy) is 1. The lowest BCUT2D eigenvalue weighted by atomic mass is 9.99. The molecule has 0 fully saturated rings. The number of carbonyl (C=O) groups excluding carboxylic acids is 1. The smallest absolute Gasteiger partial charge is 0.310 e. The summed E-state index contributed by atoms with van der Waals surface area (Å²) in [7, 11) is 0. The lowest BCUT2D eigenvalue weighted by molar-refractivity contribution is -0.143. The van der Waals surface area contributed by atoms with Gasteiger partial charge >= 0.3 is 5.97 Å². The first-order valence-corrected chi connectivity index (χ1v) is 7.42. The van der Waals surface area contributed by atoms with Crippen LogP contribution in [0.4, 0.5) is 0 Å². The van der Waals surface area contributed by atoms with Gasteiger partial charge in [-0.2, -0.15) is 0 Å². The molecule has 0 N–H and O–H groups in total. The van der Waals surface area contributed by atoms with E-state index < -0.39 is 0 Å². The summed E-state index contributed by atoms with van der Waals surface area (Å²) in [6, 6.07) is 9.71. The number of rotatable bonds is 9. The van der Waals surface area contributed by atoms with Crippen molar-refractivity contribution >= 4 is 5.97 Å². The van der Waals surface area contributed by atoms with Gasteiger partial charge in [-0.05, 0) is 37.7 Å². The summed E-state index contributed by atoms with van der Waals surface area (Å²) in [5, 5.41) is 0. The van der Waals surface area contributed by atoms with Crippen molar-refractivity contribution in [2.24, 2.45) is 5.92 Å². The topological polar surface area (TPSA) is 26.3 Å². The average Bonchev–Trinajstić information content (AvgIpc) is 2.39. The zero-order valence-corrected chi connectivity index (χ0v) is 12.7. The molecule has 0 heterocycles. The van der Waals surface area contributed by atoms with E-state index in [-0.39, 0.29) is 5.97 Å². The highest BCUT2D eigenvalue weighted by molar-refractivity contribution is 5.72. The maximum Gasteiger partial charge on any atom is 0.310 e. The minimum Gasteiger partial charge on any atom is -0.465 e. The second-order valence-electron chi connectivity index (χ2n) is 5.63. The third-order valence-corrected chi connectivity index (χ3v) is 3.37. The van der Waals surface area contributed by atoms with Gasteiger partial charge in [0.15, 0.2) is 0 Å². The zero-order valence-electron chi connectivity index (χ0n) is 12.7. The summed E-state index contributed by atoms with van der Waals surface area (Å²) in [5.74, 6) is 0.462. The fourth-order valence-corrected chi connectivity index (χ4v) is 2.08. The summed E-state index contributed by atoms with van der Waals surface area (Å²) in [6.45, 7) is 8.71. The highest BCUT2D eigenvalue weighted by Gasteiger charge is 2.07. The number of esters is 1. The molecule has 2 nitrogen and oxygen atoms in total. The molecule has 0 aromatic heterocycles. The number of benzene rings is 1. The second kappa shape index (κ2) is 9.35. The summed E-state index contributed by atoms with van der Waals surface area (Å²) in [4.78, 5) is 11.7. The second-order valence-corrected chi connectivity index (χ2v) is 5.63. The van der Waals surface area contributed by atoms with Crippen molar-refractivity contribution < 1.29 is 9.53 Å². The molecule has 0 aliphatic carbocycles. The summed E-state index contributed by atoms with van der Waals surface area (Å²) in [6.07, 6.45) is 4.75. The first kappa shape index (κ1) is 16.5. The van der Waals surface area contributed by atoms with Crippen molar-refractivity contribution in [1.82, 2.24) is 0 Å². The van der Waals surface area contributed by atoms with Crippen LogP contribution in [0.15, 0.2) is 42.5 Å². The zero-order chi connectivity index (χ0) is 14.8. The van der Waals surface area contributed by atoms with Crippen molar-refractivity contribution in [2.75, 3.05) is 6.61 Å². The predicted octanol–water partition coefficient (Wildman–Crippen LogP) is 4.54. The molecule has 20 heavy (non-hydrogen) atoms. The van der Waals surface area contributed by atoms with E-state index in [0.29, 0.717) is 18.9 Å². The number of hydrogen-bond donors (Lipinski definition) is 0. The van der Waals surface area contributed by atoms with Crippen LogP contribution in [0.3, 0.4) is 0 Å². The van der Waals surface area contributed by atoms with E-state index >= 15 is 0 Å². The van der Waals surface area contributed by atoms with E-state index in [1.165, 1.54) is 18.4 Å². The van der Waals surface area contributed by atoms with Crippen LogP contribution in [0.25, 0.3) is 0 Å². The molecule has 1 rings (SSSR count). The molecule has 0 unspecified atom stereocenters. The molecular formula is C18H26O2. The van der Waals surface area contributed by atoms with Crippen LogP contribution in [-0.4, -0.2) is 12.6 Å². The largest absolute Gasteiger partial charge is 0.465 e. The molecule has 0 bridgehead atoms. The van der Waals surface area contributed by atoms with Gasteiger partial charge in [0.2, 0.25) is 0 Å². The van der Waals surface area contributed by atoms with Crippen LogP contribution in [0.5, 0.6) is 0 Å². The Labute approximate surface area is 122 Å². The molecule has 110 valence electrons. The maximum absolute atomic E-state index is 11.7. The molecule has 0 aliphatic heterocycles. The van der Waals surface area contributed by atoms with E-state index in [1.54, 1.807) is 0 Å². The van der Waals surface area contributed by atoms with E-state index in [2.05, 4.69) is 20.4 Å². The van der Waals surface area contributed by atoms with Crippen molar-refractivity contribution in [3.8, 4) is 0 Å². The normalized spacial score (nSPS) is 11.9. The Morgan fingerprint density at radius 3 is 2.60 bits per heavy atom. The number of carbonyl (C=O) groups is 1. The molecule has 2 heteroatoms. The lowest BCUT2D eigenvalue weighted by Crippen LogP contribution is -2.11. The van der Waals surface area contributed by atoms with E-state index in [1.807, 2.05) is 30.3 Å². The van der Waals surface area contributed by atoms with E-state index in [0.717, 1.165) is 18.4 Å². The van der Waals surface area contributed by atoms with Gasteiger partial charge in [0, 0.05) is 0 Å². The minimum absolute atomic E-state index is 0.134. The lowest BCUT2D eigenvalue weighted by Gasteiger charge is -2.11. The molecule has 0 saturated heterocycles. The summed E-state index contributed by atoms with van der Waals surface area (Å²) in [5.41, 5.74) is 2.25. The summed E-state index contributed by atoms with van der Waals surface area (Å²) < 4.78 is 5.29. The minimum atomic E-state index is -0.134. The number of allylic oxidation sites excluding steroid dienone is 1. The van der Waals surface area contributed by atoms with Crippen molar-refractivity contribution in [3.05, 3.63) is 48.0 Å².